The summed E-state index contributed by atoms with van der Waals surface area (Å²) in [7, 11) is 0. The fourth-order valence-corrected chi connectivity index (χ4v) is 1.67. The van der Waals surface area contributed by atoms with Gasteiger partial charge in [0, 0.05) is 6.20 Å². The highest BCUT2D eigenvalue weighted by Crippen LogP contribution is 2.19. The van der Waals surface area contributed by atoms with E-state index >= 15 is 0 Å². The molecule has 0 fully saturated rings. The molecule has 0 aliphatic rings. The molecule has 2 aromatic rings. The van der Waals surface area contributed by atoms with E-state index in [9.17, 15) is 0 Å². The zero-order chi connectivity index (χ0) is 12.1. The van der Waals surface area contributed by atoms with E-state index < -0.39 is 0 Å². The third-order valence-electron chi connectivity index (χ3n) is 2.60. The van der Waals surface area contributed by atoms with Crippen LogP contribution in [0.4, 0.5) is 0 Å². The molecule has 0 bridgehead atoms. The van der Waals surface area contributed by atoms with Crippen molar-refractivity contribution in [2.45, 2.75) is 6.92 Å². The Kier molecular flexibility index (Phi) is 3.51. The number of nitrogens with zero attached hydrogens (tertiary/aromatic N) is 1. The highest BCUT2D eigenvalue weighted by Gasteiger charge is 1.98. The van der Waals surface area contributed by atoms with Gasteiger partial charge >= 0.3 is 0 Å². The van der Waals surface area contributed by atoms with E-state index in [4.69, 9.17) is 0 Å². The molecule has 1 aromatic heterocycles. The summed E-state index contributed by atoms with van der Waals surface area (Å²) in [5.41, 5.74) is 4.26. The largest absolute Gasteiger partial charge is 0.257 e. The van der Waals surface area contributed by atoms with Crippen molar-refractivity contribution in [1.82, 2.24) is 4.98 Å². The summed E-state index contributed by atoms with van der Waals surface area (Å²) in [4.78, 5) is 4.32. The van der Waals surface area contributed by atoms with Crippen LogP contribution in [0.5, 0.6) is 0 Å². The van der Waals surface area contributed by atoms with Crippen LogP contribution in [0.25, 0.3) is 11.1 Å². The van der Waals surface area contributed by atoms with Crippen LogP contribution < -0.4 is 0 Å². The summed E-state index contributed by atoms with van der Waals surface area (Å²) < 4.78 is 0. The molecular formula is C16H15N. The minimum absolute atomic E-state index is 0.990. The van der Waals surface area contributed by atoms with Gasteiger partial charge in [0.05, 0.1) is 5.69 Å². The Balaban J connectivity index is 2.24. The van der Waals surface area contributed by atoms with Gasteiger partial charge in [-0.25, -0.2) is 0 Å². The molecule has 0 aliphatic carbocycles. The van der Waals surface area contributed by atoms with Gasteiger partial charge in [-0.1, -0.05) is 43.0 Å². The number of pyridine rings is 1. The quantitative estimate of drug-likeness (QED) is 0.708. The molecule has 1 nitrogen and oxygen atoms in total. The Morgan fingerprint density at radius 2 is 1.76 bits per heavy atom. The number of allylic oxidation sites excluding steroid dienone is 3. The van der Waals surface area contributed by atoms with Crippen LogP contribution in [0.15, 0.2) is 67.4 Å². The zero-order valence-electron chi connectivity index (χ0n) is 9.93. The molecule has 1 heteroatoms. The van der Waals surface area contributed by atoms with Crippen molar-refractivity contribution in [2.75, 3.05) is 0 Å². The Morgan fingerprint density at radius 1 is 1.06 bits per heavy atom. The minimum Gasteiger partial charge on any atom is -0.257 e. The van der Waals surface area contributed by atoms with E-state index in [0.717, 1.165) is 22.4 Å². The van der Waals surface area contributed by atoms with E-state index in [2.05, 4.69) is 36.7 Å². The van der Waals surface area contributed by atoms with Crippen LogP contribution in [0, 0.1) is 0 Å². The second-order valence-electron chi connectivity index (χ2n) is 3.93. The van der Waals surface area contributed by atoms with Crippen molar-refractivity contribution >= 4 is 11.1 Å². The first-order chi connectivity index (χ1) is 8.27. The molecule has 2 rings (SSSR count). The van der Waals surface area contributed by atoms with Gasteiger partial charge in [-0.3, -0.25) is 4.98 Å². The van der Waals surface area contributed by atoms with Gasteiger partial charge in [0.2, 0.25) is 0 Å². The third kappa shape index (κ3) is 2.91. The fraction of sp³-hybridized carbons (Fsp3) is 0.0625. The van der Waals surface area contributed by atoms with Crippen molar-refractivity contribution in [3.8, 4) is 0 Å². The summed E-state index contributed by atoms with van der Waals surface area (Å²) in [6.45, 7) is 6.14. The molecule has 0 N–H and O–H groups in total. The standard InChI is InChI=1S/C16H15N/c1-13(15-8-4-3-5-9-15)12-14(2)16-10-6-7-11-17-16/h3-12H,1H2,2H3/b14-12+. The second-order valence-corrected chi connectivity index (χ2v) is 3.93. The first kappa shape index (κ1) is 11.3. The molecule has 0 aliphatic heterocycles. The number of benzene rings is 1. The van der Waals surface area contributed by atoms with Gasteiger partial charge in [0.15, 0.2) is 0 Å². The number of aromatic nitrogens is 1. The normalized spacial score (nSPS) is 11.2. The van der Waals surface area contributed by atoms with Crippen LogP contribution in [0.3, 0.4) is 0 Å². The third-order valence-corrected chi connectivity index (χ3v) is 2.60. The predicted molar refractivity (Wildman–Crippen MR) is 73.4 cm³/mol. The zero-order valence-corrected chi connectivity index (χ0v) is 9.93. The number of hydrogen-bond acceptors (Lipinski definition) is 1. The molecule has 0 saturated carbocycles. The fourth-order valence-electron chi connectivity index (χ4n) is 1.67. The maximum Gasteiger partial charge on any atom is 0.0658 e. The summed E-state index contributed by atoms with van der Waals surface area (Å²) >= 11 is 0. The van der Waals surface area contributed by atoms with Crippen molar-refractivity contribution < 1.29 is 0 Å². The molecule has 17 heavy (non-hydrogen) atoms. The monoisotopic (exact) mass is 221 g/mol. The molecule has 0 radical (unpaired) electrons. The predicted octanol–water partition coefficient (Wildman–Crippen LogP) is 4.20. The van der Waals surface area contributed by atoms with Crippen LogP contribution >= 0.6 is 0 Å². The lowest BCUT2D eigenvalue weighted by Gasteiger charge is -2.03. The van der Waals surface area contributed by atoms with Crippen molar-refractivity contribution in [2.24, 2.45) is 0 Å². The van der Waals surface area contributed by atoms with Crippen LogP contribution in [-0.4, -0.2) is 4.98 Å². The molecule has 0 amide bonds. The van der Waals surface area contributed by atoms with Gasteiger partial charge in [0.1, 0.15) is 0 Å². The molecular weight excluding hydrogens is 206 g/mol. The summed E-state index contributed by atoms with van der Waals surface area (Å²) in [6.07, 6.45) is 3.87. The molecule has 84 valence electrons. The van der Waals surface area contributed by atoms with Crippen LogP contribution in [0.1, 0.15) is 18.2 Å². The molecule has 0 unspecified atom stereocenters. The second kappa shape index (κ2) is 5.26. The lowest BCUT2D eigenvalue weighted by Crippen LogP contribution is -1.85. The Morgan fingerprint density at radius 3 is 2.41 bits per heavy atom. The summed E-state index contributed by atoms with van der Waals surface area (Å²) in [5.74, 6) is 0. The Bertz CT molecular complexity index is 524. The van der Waals surface area contributed by atoms with Crippen molar-refractivity contribution in [1.29, 1.82) is 0 Å². The minimum atomic E-state index is 0.990. The SMILES string of the molecule is C=C(/C=C(\C)c1ccccn1)c1ccccc1. The highest BCUT2D eigenvalue weighted by molar-refractivity contribution is 5.81. The van der Waals surface area contributed by atoms with E-state index in [1.54, 1.807) is 6.20 Å². The van der Waals surface area contributed by atoms with E-state index in [0.29, 0.717) is 0 Å². The summed E-state index contributed by atoms with van der Waals surface area (Å²) in [6, 6.07) is 16.1. The number of hydrogen-bond donors (Lipinski definition) is 0. The molecule has 0 spiro atoms. The first-order valence-electron chi connectivity index (χ1n) is 5.61. The van der Waals surface area contributed by atoms with Gasteiger partial charge in [-0.05, 0) is 41.8 Å². The maximum atomic E-state index is 4.32. The van der Waals surface area contributed by atoms with E-state index in [1.165, 1.54) is 0 Å². The van der Waals surface area contributed by atoms with Gasteiger partial charge in [-0.15, -0.1) is 0 Å². The molecule has 0 atom stereocenters. The topological polar surface area (TPSA) is 12.9 Å². The Labute approximate surface area is 102 Å². The molecule has 0 saturated heterocycles. The van der Waals surface area contributed by atoms with Crippen LogP contribution in [-0.2, 0) is 0 Å². The summed E-state index contributed by atoms with van der Waals surface area (Å²) in [5, 5.41) is 0. The van der Waals surface area contributed by atoms with E-state index in [-0.39, 0.29) is 0 Å². The first-order valence-corrected chi connectivity index (χ1v) is 5.61. The van der Waals surface area contributed by atoms with E-state index in [1.807, 2.05) is 36.4 Å². The lowest BCUT2D eigenvalue weighted by molar-refractivity contribution is 1.27. The Hall–Kier alpha value is -2.15. The average Bonchev–Trinajstić information content (AvgIpc) is 2.40. The van der Waals surface area contributed by atoms with Gasteiger partial charge < -0.3 is 0 Å². The maximum absolute atomic E-state index is 4.32. The van der Waals surface area contributed by atoms with Crippen molar-refractivity contribution in [3.05, 3.63) is 78.6 Å². The van der Waals surface area contributed by atoms with Gasteiger partial charge in [-0.2, -0.15) is 0 Å². The van der Waals surface area contributed by atoms with Crippen LogP contribution in [0.2, 0.25) is 0 Å². The molecule has 1 heterocycles. The average molecular weight is 221 g/mol. The lowest BCUT2D eigenvalue weighted by atomic mass is 10.0. The molecule has 1 aromatic carbocycles. The highest BCUT2D eigenvalue weighted by atomic mass is 14.7. The smallest absolute Gasteiger partial charge is 0.0658 e. The van der Waals surface area contributed by atoms with Crippen molar-refractivity contribution in [3.63, 3.8) is 0 Å². The van der Waals surface area contributed by atoms with Gasteiger partial charge in [0.25, 0.3) is 0 Å². The number of rotatable bonds is 3.